The van der Waals surface area contributed by atoms with Crippen molar-refractivity contribution in [2.75, 3.05) is 33.3 Å². The quantitative estimate of drug-likeness (QED) is 0.880. The summed E-state index contributed by atoms with van der Waals surface area (Å²) in [6, 6.07) is 8.92. The summed E-state index contributed by atoms with van der Waals surface area (Å²) in [5, 5.41) is 2.67. The van der Waals surface area contributed by atoms with Gasteiger partial charge in [-0.05, 0) is 49.5 Å². The zero-order valence-electron chi connectivity index (χ0n) is 15.5. The molecule has 4 aliphatic heterocycles. The molecule has 6 heteroatoms. The van der Waals surface area contributed by atoms with Crippen molar-refractivity contribution < 1.29 is 14.3 Å². The van der Waals surface area contributed by atoms with Crippen LogP contribution in [-0.2, 0) is 9.59 Å². The standard InChI is InChI=1S/C20H27N3O3/c1-13(24)21-11-18(25)23-12-17(14-3-5-16(26-2)6-4-14)20-19(23)15-7-9-22(20)10-8-15/h3-6,15,17,19-20H,7-12H2,1-2H3,(H,21,24)/t17-,19+,20+/m0/s1. The van der Waals surface area contributed by atoms with Gasteiger partial charge in [-0.15, -0.1) is 0 Å². The van der Waals surface area contributed by atoms with Crippen molar-refractivity contribution in [1.29, 1.82) is 0 Å². The molecule has 4 fully saturated rings. The molecule has 2 amide bonds. The minimum atomic E-state index is -0.158. The van der Waals surface area contributed by atoms with Gasteiger partial charge in [0.05, 0.1) is 19.7 Å². The van der Waals surface area contributed by atoms with Crippen LogP contribution in [0.25, 0.3) is 0 Å². The maximum Gasteiger partial charge on any atom is 0.242 e. The number of hydrogen-bond acceptors (Lipinski definition) is 4. The number of benzene rings is 1. The van der Waals surface area contributed by atoms with E-state index in [-0.39, 0.29) is 24.4 Å². The van der Waals surface area contributed by atoms with Crippen LogP contribution in [-0.4, -0.2) is 67.0 Å². The molecular weight excluding hydrogens is 330 g/mol. The van der Waals surface area contributed by atoms with Gasteiger partial charge in [0, 0.05) is 25.4 Å². The van der Waals surface area contributed by atoms with Crippen LogP contribution in [0.3, 0.4) is 0 Å². The maximum atomic E-state index is 12.8. The van der Waals surface area contributed by atoms with E-state index in [0.717, 1.165) is 25.4 Å². The second kappa shape index (κ2) is 6.91. The first-order valence-corrected chi connectivity index (χ1v) is 9.50. The average Bonchev–Trinajstić information content (AvgIpc) is 3.10. The Bertz CT molecular complexity index is 682. The summed E-state index contributed by atoms with van der Waals surface area (Å²) in [5.74, 6) is 1.63. The Hall–Kier alpha value is -2.08. The first-order chi connectivity index (χ1) is 12.6. The fourth-order valence-corrected chi connectivity index (χ4v) is 5.15. The Kier molecular flexibility index (Phi) is 4.61. The number of ether oxygens (including phenoxy) is 1. The summed E-state index contributed by atoms with van der Waals surface area (Å²) in [5.41, 5.74) is 1.27. The van der Waals surface area contributed by atoms with Crippen LogP contribution in [0.4, 0.5) is 0 Å². The molecule has 0 radical (unpaired) electrons. The fraction of sp³-hybridized carbons (Fsp3) is 0.600. The van der Waals surface area contributed by atoms with Crippen molar-refractivity contribution in [1.82, 2.24) is 15.1 Å². The third-order valence-corrected chi connectivity index (χ3v) is 6.35. The zero-order valence-corrected chi connectivity index (χ0v) is 15.5. The van der Waals surface area contributed by atoms with Gasteiger partial charge in [0.15, 0.2) is 0 Å². The monoisotopic (exact) mass is 357 g/mol. The number of carbonyl (C=O) groups is 2. The number of rotatable bonds is 4. The molecule has 4 saturated heterocycles. The number of fused-ring (bicyclic) bond motifs is 2. The number of piperidine rings is 3. The highest BCUT2D eigenvalue weighted by molar-refractivity contribution is 5.84. The van der Waals surface area contributed by atoms with Crippen LogP contribution < -0.4 is 10.1 Å². The van der Waals surface area contributed by atoms with Gasteiger partial charge >= 0.3 is 0 Å². The largest absolute Gasteiger partial charge is 0.497 e. The van der Waals surface area contributed by atoms with E-state index in [1.807, 2.05) is 17.0 Å². The summed E-state index contributed by atoms with van der Waals surface area (Å²) in [6.07, 6.45) is 2.33. The van der Waals surface area contributed by atoms with Crippen molar-refractivity contribution in [2.45, 2.75) is 37.8 Å². The summed E-state index contributed by atoms with van der Waals surface area (Å²) >= 11 is 0. The highest BCUT2D eigenvalue weighted by Crippen LogP contribution is 2.46. The van der Waals surface area contributed by atoms with Gasteiger partial charge in [-0.3, -0.25) is 14.5 Å². The lowest BCUT2D eigenvalue weighted by Gasteiger charge is -2.51. The molecule has 4 aliphatic rings. The molecule has 0 saturated carbocycles. The molecule has 26 heavy (non-hydrogen) atoms. The van der Waals surface area contributed by atoms with E-state index in [1.165, 1.54) is 25.3 Å². The fourth-order valence-electron chi connectivity index (χ4n) is 5.15. The van der Waals surface area contributed by atoms with Crippen molar-refractivity contribution in [3.05, 3.63) is 29.8 Å². The molecule has 1 N–H and O–H groups in total. The molecule has 3 atom stereocenters. The molecule has 0 spiro atoms. The SMILES string of the molecule is COc1ccc([C@@H]2CN(C(=O)CNC(C)=O)[C@@H]3C4CCN(CC4)[C@@H]32)cc1. The molecular formula is C20H27N3O3. The second-order valence-electron chi connectivity index (χ2n) is 7.69. The third kappa shape index (κ3) is 2.96. The van der Waals surface area contributed by atoms with Crippen molar-refractivity contribution in [3.8, 4) is 5.75 Å². The number of carbonyl (C=O) groups excluding carboxylic acids is 2. The highest BCUT2D eigenvalue weighted by Gasteiger charge is 2.54. The van der Waals surface area contributed by atoms with Crippen LogP contribution in [0.2, 0.25) is 0 Å². The Balaban J connectivity index is 1.60. The van der Waals surface area contributed by atoms with Gasteiger partial charge in [0.1, 0.15) is 5.75 Å². The predicted octanol–water partition coefficient (Wildman–Crippen LogP) is 1.22. The Morgan fingerprint density at radius 1 is 1.15 bits per heavy atom. The molecule has 1 aromatic rings. The number of nitrogens with one attached hydrogen (secondary N) is 1. The smallest absolute Gasteiger partial charge is 0.242 e. The molecule has 2 bridgehead atoms. The summed E-state index contributed by atoms with van der Waals surface area (Å²) in [7, 11) is 1.68. The lowest BCUT2D eigenvalue weighted by atomic mass is 9.75. The molecule has 0 aromatic heterocycles. The van der Waals surface area contributed by atoms with Crippen LogP contribution >= 0.6 is 0 Å². The first kappa shape index (κ1) is 17.3. The van der Waals surface area contributed by atoms with Crippen molar-refractivity contribution in [2.24, 2.45) is 5.92 Å². The van der Waals surface area contributed by atoms with E-state index in [0.29, 0.717) is 17.9 Å². The van der Waals surface area contributed by atoms with Gasteiger partial charge < -0.3 is 15.0 Å². The number of methoxy groups -OCH3 is 1. The highest BCUT2D eigenvalue weighted by atomic mass is 16.5. The van der Waals surface area contributed by atoms with E-state index in [2.05, 4.69) is 22.3 Å². The molecule has 0 unspecified atom stereocenters. The summed E-state index contributed by atoms with van der Waals surface area (Å²) in [6.45, 7) is 4.54. The zero-order chi connectivity index (χ0) is 18.3. The lowest BCUT2D eigenvalue weighted by Crippen LogP contribution is -2.61. The van der Waals surface area contributed by atoms with Crippen LogP contribution in [0.1, 0.15) is 31.2 Å². The number of likely N-dealkylation sites (tertiary alicyclic amines) is 1. The van der Waals surface area contributed by atoms with E-state index in [9.17, 15) is 9.59 Å². The molecule has 6 nitrogen and oxygen atoms in total. The van der Waals surface area contributed by atoms with Gasteiger partial charge in [-0.1, -0.05) is 12.1 Å². The Morgan fingerprint density at radius 2 is 1.85 bits per heavy atom. The molecule has 1 aromatic carbocycles. The Morgan fingerprint density at radius 3 is 2.46 bits per heavy atom. The van der Waals surface area contributed by atoms with Crippen molar-refractivity contribution >= 4 is 11.8 Å². The van der Waals surface area contributed by atoms with Crippen LogP contribution in [0.15, 0.2) is 24.3 Å². The lowest BCUT2D eigenvalue weighted by molar-refractivity contribution is -0.136. The average molecular weight is 357 g/mol. The number of hydrogen-bond donors (Lipinski definition) is 1. The molecule has 4 heterocycles. The van der Waals surface area contributed by atoms with Gasteiger partial charge in [0.25, 0.3) is 0 Å². The summed E-state index contributed by atoms with van der Waals surface area (Å²) < 4.78 is 5.29. The maximum absolute atomic E-state index is 12.8. The molecule has 140 valence electrons. The minimum Gasteiger partial charge on any atom is -0.497 e. The minimum absolute atomic E-state index is 0.0416. The summed E-state index contributed by atoms with van der Waals surface area (Å²) in [4.78, 5) is 28.7. The van der Waals surface area contributed by atoms with E-state index < -0.39 is 0 Å². The van der Waals surface area contributed by atoms with Crippen LogP contribution in [0, 0.1) is 5.92 Å². The van der Waals surface area contributed by atoms with Gasteiger partial charge in [-0.25, -0.2) is 0 Å². The Labute approximate surface area is 154 Å². The van der Waals surface area contributed by atoms with E-state index in [1.54, 1.807) is 7.11 Å². The number of nitrogens with zero attached hydrogens (tertiary/aromatic N) is 2. The van der Waals surface area contributed by atoms with Crippen LogP contribution in [0.5, 0.6) is 5.75 Å². The molecule has 5 rings (SSSR count). The van der Waals surface area contributed by atoms with Gasteiger partial charge in [0.2, 0.25) is 11.8 Å². The first-order valence-electron chi connectivity index (χ1n) is 9.50. The van der Waals surface area contributed by atoms with Crippen molar-refractivity contribution in [3.63, 3.8) is 0 Å². The molecule has 0 aliphatic carbocycles. The topological polar surface area (TPSA) is 61.9 Å². The second-order valence-corrected chi connectivity index (χ2v) is 7.69. The van der Waals surface area contributed by atoms with E-state index in [4.69, 9.17) is 4.74 Å². The third-order valence-electron chi connectivity index (χ3n) is 6.35. The van der Waals surface area contributed by atoms with Gasteiger partial charge in [-0.2, -0.15) is 0 Å². The number of amides is 2. The normalized spacial score (nSPS) is 32.2. The predicted molar refractivity (Wildman–Crippen MR) is 98.0 cm³/mol. The van der Waals surface area contributed by atoms with E-state index >= 15 is 0 Å².